The third-order valence-electron chi connectivity index (χ3n) is 4.92. The first-order chi connectivity index (χ1) is 20.1. The molecule has 0 aromatic carbocycles. The summed E-state index contributed by atoms with van der Waals surface area (Å²) >= 11 is 0. The number of alkyl carbamates (subject to hydrolysis) is 1. The molecule has 41 heavy (non-hydrogen) atoms. The molecule has 15 heteroatoms. The Labute approximate surface area is 242 Å². The van der Waals surface area contributed by atoms with E-state index in [0.29, 0.717) is 105 Å². The van der Waals surface area contributed by atoms with Gasteiger partial charge in [-0.05, 0) is 12.8 Å². The minimum atomic E-state index is -0.835. The largest absolute Gasteiger partial charge is 0.481 e. The van der Waals surface area contributed by atoms with Crippen LogP contribution in [-0.2, 0) is 47.4 Å². The number of carbonyl (C=O) groups is 2. The van der Waals surface area contributed by atoms with Crippen LogP contribution < -0.4 is 5.32 Å². The highest BCUT2D eigenvalue weighted by atomic mass is 16.6. The Hall–Kier alpha value is -1.66. The molecule has 0 aliphatic rings. The molecule has 0 saturated heterocycles. The van der Waals surface area contributed by atoms with E-state index in [-0.39, 0.29) is 46.1 Å². The third-order valence-corrected chi connectivity index (χ3v) is 4.92. The van der Waals surface area contributed by atoms with Crippen molar-refractivity contribution in [2.75, 3.05) is 125 Å². The Morgan fingerprint density at radius 3 is 1.32 bits per heavy atom. The molecule has 0 aliphatic carbocycles. The SMILES string of the molecule is O=C(O)CCCCCNC(=O)OC(COCCOCCOCCOCCO)COCCOCCOCCOCCO. The monoisotopic (exact) mass is 601 g/mol. The van der Waals surface area contributed by atoms with Crippen LogP contribution in [0.5, 0.6) is 0 Å². The molecule has 0 saturated carbocycles. The van der Waals surface area contributed by atoms with E-state index in [9.17, 15) is 9.59 Å². The number of carbonyl (C=O) groups excluding carboxylic acids is 1. The van der Waals surface area contributed by atoms with Gasteiger partial charge in [0.1, 0.15) is 0 Å². The molecule has 0 aromatic rings. The molecule has 1 amide bonds. The molecule has 244 valence electrons. The van der Waals surface area contributed by atoms with Gasteiger partial charge in [0.15, 0.2) is 6.10 Å². The predicted molar refractivity (Wildman–Crippen MR) is 145 cm³/mol. The Balaban J connectivity index is 4.04. The average molecular weight is 602 g/mol. The van der Waals surface area contributed by atoms with E-state index in [1.165, 1.54) is 0 Å². The molecule has 15 nitrogen and oxygen atoms in total. The highest BCUT2D eigenvalue weighted by Gasteiger charge is 2.15. The highest BCUT2D eigenvalue weighted by Crippen LogP contribution is 2.00. The van der Waals surface area contributed by atoms with Gasteiger partial charge in [0.25, 0.3) is 0 Å². The van der Waals surface area contributed by atoms with Crippen molar-refractivity contribution >= 4 is 12.1 Å². The first-order valence-electron chi connectivity index (χ1n) is 14.1. The van der Waals surface area contributed by atoms with Crippen LogP contribution in [-0.4, -0.2) is 159 Å². The van der Waals surface area contributed by atoms with Crippen LogP contribution in [0, 0.1) is 0 Å². The number of rotatable bonds is 33. The molecule has 0 bridgehead atoms. The summed E-state index contributed by atoms with van der Waals surface area (Å²) in [4.78, 5) is 22.7. The summed E-state index contributed by atoms with van der Waals surface area (Å²) in [6.45, 7) is 5.66. The number of amides is 1. The van der Waals surface area contributed by atoms with Crippen molar-refractivity contribution in [2.24, 2.45) is 0 Å². The number of hydrogen-bond acceptors (Lipinski definition) is 13. The molecule has 0 fully saturated rings. The summed E-state index contributed by atoms with van der Waals surface area (Å²) < 4.78 is 48.3. The molecule has 0 unspecified atom stereocenters. The normalized spacial score (nSPS) is 11.3. The van der Waals surface area contributed by atoms with E-state index in [1.807, 2.05) is 0 Å². The predicted octanol–water partition coefficient (Wildman–Crippen LogP) is -0.156. The molecular weight excluding hydrogens is 550 g/mol. The van der Waals surface area contributed by atoms with Gasteiger partial charge in [-0.3, -0.25) is 4.79 Å². The Morgan fingerprint density at radius 1 is 0.537 bits per heavy atom. The van der Waals surface area contributed by atoms with Crippen LogP contribution in [0.3, 0.4) is 0 Å². The second-order valence-corrected chi connectivity index (χ2v) is 8.43. The molecule has 0 heterocycles. The summed E-state index contributed by atoms with van der Waals surface area (Å²) in [5.74, 6) is -0.835. The van der Waals surface area contributed by atoms with E-state index >= 15 is 0 Å². The van der Waals surface area contributed by atoms with Crippen LogP contribution >= 0.6 is 0 Å². The van der Waals surface area contributed by atoms with Crippen molar-refractivity contribution in [3.8, 4) is 0 Å². The van der Waals surface area contributed by atoms with Gasteiger partial charge in [0.05, 0.1) is 119 Å². The molecule has 0 spiro atoms. The van der Waals surface area contributed by atoms with Gasteiger partial charge < -0.3 is 63.3 Å². The summed E-state index contributed by atoms with van der Waals surface area (Å²) in [6, 6.07) is 0. The zero-order chi connectivity index (χ0) is 30.1. The molecule has 0 aliphatic heterocycles. The van der Waals surface area contributed by atoms with Crippen molar-refractivity contribution in [1.29, 1.82) is 0 Å². The lowest BCUT2D eigenvalue weighted by Crippen LogP contribution is -2.35. The highest BCUT2D eigenvalue weighted by molar-refractivity contribution is 5.67. The fourth-order valence-electron chi connectivity index (χ4n) is 2.96. The molecule has 0 atom stereocenters. The minimum absolute atomic E-state index is 0.0166. The topological polar surface area (TPSA) is 190 Å². The van der Waals surface area contributed by atoms with E-state index in [2.05, 4.69) is 5.32 Å². The number of aliphatic carboxylic acids is 1. The van der Waals surface area contributed by atoms with E-state index in [0.717, 1.165) is 0 Å². The van der Waals surface area contributed by atoms with Gasteiger partial charge in [0.2, 0.25) is 0 Å². The first-order valence-corrected chi connectivity index (χ1v) is 14.1. The maximum Gasteiger partial charge on any atom is 0.407 e. The molecular formula is C26H51NO14. The summed E-state index contributed by atoms with van der Waals surface area (Å²) in [7, 11) is 0. The molecule has 0 aromatic heterocycles. The quantitative estimate of drug-likeness (QED) is 0.0726. The first kappa shape index (κ1) is 39.3. The number of unbranched alkanes of at least 4 members (excludes halogenated alkanes) is 2. The molecule has 0 radical (unpaired) electrons. The lowest BCUT2D eigenvalue weighted by molar-refractivity contribution is -0.137. The number of ether oxygens (including phenoxy) is 9. The number of aliphatic hydroxyl groups is 2. The summed E-state index contributed by atoms with van der Waals surface area (Å²) in [5.41, 5.74) is 0. The number of carboxylic acid groups (broad SMARTS) is 1. The number of aliphatic hydroxyl groups excluding tert-OH is 2. The number of carboxylic acids is 1. The third kappa shape index (κ3) is 32.7. The van der Waals surface area contributed by atoms with Crippen LogP contribution in [0.1, 0.15) is 25.7 Å². The molecule has 4 N–H and O–H groups in total. The molecule has 0 rings (SSSR count). The van der Waals surface area contributed by atoms with Crippen LogP contribution in [0.2, 0.25) is 0 Å². The summed E-state index contributed by atoms with van der Waals surface area (Å²) in [5, 5.41) is 28.6. The van der Waals surface area contributed by atoms with Gasteiger partial charge >= 0.3 is 12.1 Å². The van der Waals surface area contributed by atoms with Crippen molar-refractivity contribution in [2.45, 2.75) is 31.8 Å². The van der Waals surface area contributed by atoms with Gasteiger partial charge in [-0.25, -0.2) is 4.79 Å². The standard InChI is InChI=1S/C26H51NO14/c28-6-8-33-10-12-35-14-16-37-18-20-39-22-24(41-26(32)27-5-3-1-2-4-25(30)31)23-40-21-19-38-17-15-36-13-11-34-9-7-29/h24,28-29H,1-23H2,(H,27,32)(H,30,31). The second kappa shape index (κ2) is 32.8. The summed E-state index contributed by atoms with van der Waals surface area (Å²) in [6.07, 6.45) is 0.743. The van der Waals surface area contributed by atoms with E-state index in [1.54, 1.807) is 0 Å². The maximum atomic E-state index is 12.2. The van der Waals surface area contributed by atoms with Crippen molar-refractivity contribution in [1.82, 2.24) is 5.32 Å². The van der Waals surface area contributed by atoms with Gasteiger partial charge in [-0.15, -0.1) is 0 Å². The minimum Gasteiger partial charge on any atom is -0.481 e. The van der Waals surface area contributed by atoms with Crippen molar-refractivity contribution < 1.29 is 67.5 Å². The maximum absolute atomic E-state index is 12.2. The Kier molecular flexibility index (Phi) is 31.5. The lowest BCUT2D eigenvalue weighted by Gasteiger charge is -2.19. The van der Waals surface area contributed by atoms with Gasteiger partial charge in [0, 0.05) is 13.0 Å². The number of nitrogens with one attached hydrogen (secondary N) is 1. The van der Waals surface area contributed by atoms with Crippen LogP contribution in [0.4, 0.5) is 4.79 Å². The Bertz CT molecular complexity index is 544. The van der Waals surface area contributed by atoms with Crippen LogP contribution in [0.15, 0.2) is 0 Å². The van der Waals surface area contributed by atoms with E-state index < -0.39 is 18.2 Å². The van der Waals surface area contributed by atoms with E-state index in [4.69, 9.17) is 58.0 Å². The van der Waals surface area contributed by atoms with Crippen molar-refractivity contribution in [3.05, 3.63) is 0 Å². The average Bonchev–Trinajstić information content (AvgIpc) is 2.95. The zero-order valence-corrected chi connectivity index (χ0v) is 24.2. The fourth-order valence-corrected chi connectivity index (χ4v) is 2.96. The number of hydrogen-bond donors (Lipinski definition) is 4. The zero-order valence-electron chi connectivity index (χ0n) is 24.2. The Morgan fingerprint density at radius 2 is 0.927 bits per heavy atom. The van der Waals surface area contributed by atoms with Crippen LogP contribution in [0.25, 0.3) is 0 Å². The fraction of sp³-hybridized carbons (Fsp3) is 0.923. The lowest BCUT2D eigenvalue weighted by atomic mass is 10.2. The van der Waals surface area contributed by atoms with Gasteiger partial charge in [-0.2, -0.15) is 0 Å². The smallest absolute Gasteiger partial charge is 0.407 e. The van der Waals surface area contributed by atoms with Crippen molar-refractivity contribution in [3.63, 3.8) is 0 Å². The second-order valence-electron chi connectivity index (χ2n) is 8.43. The van der Waals surface area contributed by atoms with Gasteiger partial charge in [-0.1, -0.05) is 6.42 Å².